The zero-order chi connectivity index (χ0) is 15.2. The maximum Gasteiger partial charge on any atom is 0.123 e. The maximum atomic E-state index is 5.50. The molecule has 1 N–H and O–H groups in total. The number of methoxy groups -OCH3 is 1. The van der Waals surface area contributed by atoms with Crippen molar-refractivity contribution in [2.45, 2.75) is 39.7 Å². The Morgan fingerprint density at radius 1 is 1.33 bits per heavy atom. The van der Waals surface area contributed by atoms with Crippen LogP contribution < -0.4 is 10.1 Å². The normalized spacial score (nSPS) is 18.7. The summed E-state index contributed by atoms with van der Waals surface area (Å²) in [6.45, 7) is 11.4. The topological polar surface area (TPSA) is 24.5 Å². The lowest BCUT2D eigenvalue weighted by molar-refractivity contribution is 0.188. The Labute approximate surface area is 129 Å². The summed E-state index contributed by atoms with van der Waals surface area (Å²) in [7, 11) is 1.75. The van der Waals surface area contributed by atoms with Crippen LogP contribution in [-0.2, 0) is 0 Å². The van der Waals surface area contributed by atoms with Gasteiger partial charge in [-0.1, -0.05) is 24.6 Å². The Morgan fingerprint density at radius 3 is 2.67 bits per heavy atom. The molecule has 1 aliphatic heterocycles. The number of hydrogen-bond acceptors (Lipinski definition) is 3. The number of rotatable bonds is 6. The molecule has 1 saturated heterocycles. The number of benzene rings is 1. The monoisotopic (exact) mass is 290 g/mol. The lowest BCUT2D eigenvalue weighted by Crippen LogP contribution is -2.37. The van der Waals surface area contributed by atoms with Crippen molar-refractivity contribution in [2.24, 2.45) is 5.92 Å². The zero-order valence-electron chi connectivity index (χ0n) is 14.0. The molecule has 1 fully saturated rings. The number of likely N-dealkylation sites (tertiary alicyclic amines) is 1. The van der Waals surface area contributed by atoms with E-state index >= 15 is 0 Å². The largest absolute Gasteiger partial charge is 0.496 e. The van der Waals surface area contributed by atoms with Crippen LogP contribution in [0.3, 0.4) is 0 Å². The molecule has 1 aromatic carbocycles. The zero-order valence-corrected chi connectivity index (χ0v) is 14.0. The fourth-order valence-electron chi connectivity index (χ4n) is 3.15. The summed E-state index contributed by atoms with van der Waals surface area (Å²) in [5, 5.41) is 3.70. The third kappa shape index (κ3) is 4.45. The molecular formula is C18H30N2O. The van der Waals surface area contributed by atoms with E-state index in [1.165, 1.54) is 43.6 Å². The average molecular weight is 290 g/mol. The molecule has 0 radical (unpaired) electrons. The molecule has 1 aromatic rings. The highest BCUT2D eigenvalue weighted by atomic mass is 16.5. The molecule has 21 heavy (non-hydrogen) atoms. The van der Waals surface area contributed by atoms with Gasteiger partial charge in [0.15, 0.2) is 0 Å². The summed E-state index contributed by atoms with van der Waals surface area (Å²) in [5.41, 5.74) is 2.55. The highest BCUT2D eigenvalue weighted by molar-refractivity contribution is 5.38. The third-order valence-electron chi connectivity index (χ3n) is 4.72. The van der Waals surface area contributed by atoms with E-state index in [-0.39, 0.29) is 0 Å². The second kappa shape index (κ2) is 7.81. The first-order chi connectivity index (χ1) is 10.1. The molecule has 0 bridgehead atoms. The number of ether oxygens (including phenoxy) is 1. The lowest BCUT2D eigenvalue weighted by atomic mass is 9.96. The smallest absolute Gasteiger partial charge is 0.123 e. The van der Waals surface area contributed by atoms with E-state index in [9.17, 15) is 0 Å². The molecule has 1 atom stereocenters. The van der Waals surface area contributed by atoms with Crippen LogP contribution in [0.5, 0.6) is 5.75 Å². The predicted octanol–water partition coefficient (Wildman–Crippen LogP) is 3.39. The molecule has 1 unspecified atom stereocenters. The van der Waals surface area contributed by atoms with E-state index in [2.05, 4.69) is 49.2 Å². The molecule has 0 spiro atoms. The minimum absolute atomic E-state index is 0.337. The fourth-order valence-corrected chi connectivity index (χ4v) is 3.15. The van der Waals surface area contributed by atoms with Gasteiger partial charge in [0.05, 0.1) is 7.11 Å². The van der Waals surface area contributed by atoms with Crippen molar-refractivity contribution in [3.63, 3.8) is 0 Å². The van der Waals surface area contributed by atoms with Gasteiger partial charge in [0.2, 0.25) is 0 Å². The van der Waals surface area contributed by atoms with Gasteiger partial charge in [-0.15, -0.1) is 0 Å². The number of aryl methyl sites for hydroxylation is 1. The van der Waals surface area contributed by atoms with Crippen LogP contribution in [0.4, 0.5) is 0 Å². The highest BCUT2D eigenvalue weighted by Gasteiger charge is 2.19. The van der Waals surface area contributed by atoms with Crippen molar-refractivity contribution in [3.05, 3.63) is 29.3 Å². The summed E-state index contributed by atoms with van der Waals surface area (Å²) >= 11 is 0. The van der Waals surface area contributed by atoms with Gasteiger partial charge in [0.1, 0.15) is 5.75 Å². The van der Waals surface area contributed by atoms with Crippen LogP contribution in [-0.4, -0.2) is 38.2 Å². The fraction of sp³-hybridized carbons (Fsp3) is 0.667. The summed E-state index contributed by atoms with van der Waals surface area (Å²) < 4.78 is 5.50. The molecule has 3 heteroatoms. The van der Waals surface area contributed by atoms with Gasteiger partial charge >= 0.3 is 0 Å². The van der Waals surface area contributed by atoms with Crippen molar-refractivity contribution in [3.8, 4) is 5.75 Å². The van der Waals surface area contributed by atoms with E-state index in [0.29, 0.717) is 6.04 Å². The second-order valence-corrected chi connectivity index (χ2v) is 6.25. The standard InChI is InChI=1S/C18H30N2O/c1-5-20-10-8-16(9-11-20)13-19-15(3)17-12-14(2)6-7-18(17)21-4/h6-7,12,15-16,19H,5,8-11,13H2,1-4H3. The van der Waals surface area contributed by atoms with Crippen LogP contribution in [0.2, 0.25) is 0 Å². The molecule has 1 heterocycles. The quantitative estimate of drug-likeness (QED) is 0.869. The predicted molar refractivity (Wildman–Crippen MR) is 89.0 cm³/mol. The van der Waals surface area contributed by atoms with Crippen molar-refractivity contribution < 1.29 is 4.74 Å². The molecule has 0 aromatic heterocycles. The van der Waals surface area contributed by atoms with Crippen LogP contribution in [0.1, 0.15) is 43.9 Å². The summed E-state index contributed by atoms with van der Waals surface area (Å²) in [5.74, 6) is 1.80. The van der Waals surface area contributed by atoms with Crippen molar-refractivity contribution >= 4 is 0 Å². The van der Waals surface area contributed by atoms with E-state index in [4.69, 9.17) is 4.74 Å². The lowest BCUT2D eigenvalue weighted by Gasteiger charge is -2.32. The Balaban J connectivity index is 1.87. The first-order valence-electron chi connectivity index (χ1n) is 8.24. The van der Waals surface area contributed by atoms with Crippen molar-refractivity contribution in [2.75, 3.05) is 33.3 Å². The van der Waals surface area contributed by atoms with Crippen LogP contribution >= 0.6 is 0 Å². The first kappa shape index (κ1) is 16.3. The highest BCUT2D eigenvalue weighted by Crippen LogP contribution is 2.26. The van der Waals surface area contributed by atoms with E-state index < -0.39 is 0 Å². The van der Waals surface area contributed by atoms with Gasteiger partial charge in [0, 0.05) is 11.6 Å². The number of nitrogens with zero attached hydrogens (tertiary/aromatic N) is 1. The number of piperidine rings is 1. The average Bonchev–Trinajstić information content (AvgIpc) is 2.53. The van der Waals surface area contributed by atoms with Gasteiger partial charge in [-0.05, 0) is 64.9 Å². The third-order valence-corrected chi connectivity index (χ3v) is 4.72. The van der Waals surface area contributed by atoms with Crippen LogP contribution in [0.15, 0.2) is 18.2 Å². The maximum absolute atomic E-state index is 5.50. The van der Waals surface area contributed by atoms with Gasteiger partial charge in [-0.3, -0.25) is 0 Å². The summed E-state index contributed by atoms with van der Waals surface area (Å²) in [4.78, 5) is 2.55. The van der Waals surface area contributed by atoms with Gasteiger partial charge in [-0.25, -0.2) is 0 Å². The van der Waals surface area contributed by atoms with Gasteiger partial charge < -0.3 is 15.0 Å². The summed E-state index contributed by atoms with van der Waals surface area (Å²) in [6, 6.07) is 6.75. The SMILES string of the molecule is CCN1CCC(CNC(C)c2cc(C)ccc2OC)CC1. The van der Waals surface area contributed by atoms with E-state index in [1.54, 1.807) is 7.11 Å². The Morgan fingerprint density at radius 2 is 2.05 bits per heavy atom. The molecule has 2 rings (SSSR count). The van der Waals surface area contributed by atoms with Crippen LogP contribution in [0.25, 0.3) is 0 Å². The Bertz CT molecular complexity index is 439. The molecule has 0 saturated carbocycles. The van der Waals surface area contributed by atoms with Crippen molar-refractivity contribution in [1.82, 2.24) is 10.2 Å². The molecule has 0 amide bonds. The van der Waals surface area contributed by atoms with Crippen molar-refractivity contribution in [1.29, 1.82) is 0 Å². The van der Waals surface area contributed by atoms with Gasteiger partial charge in [-0.2, -0.15) is 0 Å². The molecule has 1 aliphatic rings. The number of hydrogen-bond donors (Lipinski definition) is 1. The molecule has 3 nitrogen and oxygen atoms in total. The molecule has 118 valence electrons. The van der Waals surface area contributed by atoms with Gasteiger partial charge in [0.25, 0.3) is 0 Å². The number of nitrogens with one attached hydrogen (secondary N) is 1. The second-order valence-electron chi connectivity index (χ2n) is 6.25. The summed E-state index contributed by atoms with van der Waals surface area (Å²) in [6.07, 6.45) is 2.64. The van der Waals surface area contributed by atoms with E-state index in [0.717, 1.165) is 18.2 Å². The van der Waals surface area contributed by atoms with E-state index in [1.807, 2.05) is 0 Å². The first-order valence-corrected chi connectivity index (χ1v) is 8.24. The Kier molecular flexibility index (Phi) is 6.07. The van der Waals surface area contributed by atoms with Crippen LogP contribution in [0, 0.1) is 12.8 Å². The Hall–Kier alpha value is -1.06. The minimum Gasteiger partial charge on any atom is -0.496 e. The molecular weight excluding hydrogens is 260 g/mol. The molecule has 0 aliphatic carbocycles. The minimum atomic E-state index is 0.337.